The van der Waals surface area contributed by atoms with Crippen LogP contribution in [0.2, 0.25) is 0 Å². The van der Waals surface area contributed by atoms with Crippen molar-refractivity contribution in [2.24, 2.45) is 0 Å². The Kier molecular flexibility index (Phi) is 5.27. The highest BCUT2D eigenvalue weighted by Crippen LogP contribution is 2.16. The van der Waals surface area contributed by atoms with Crippen LogP contribution >= 0.6 is 11.8 Å². The molecule has 7 heteroatoms. The minimum Gasteiger partial charge on any atom is -0.480 e. The number of nitrogens with one attached hydrogen (secondary N) is 1. The maximum atomic E-state index is 11.5. The molecule has 6 nitrogen and oxygen atoms in total. The van der Waals surface area contributed by atoms with Crippen molar-refractivity contribution in [1.82, 2.24) is 10.2 Å². The van der Waals surface area contributed by atoms with E-state index >= 15 is 0 Å². The first-order valence-corrected chi connectivity index (χ1v) is 6.47. The largest absolute Gasteiger partial charge is 0.480 e. The Morgan fingerprint density at radius 1 is 1.59 bits per heavy atom. The highest BCUT2D eigenvalue weighted by atomic mass is 32.2. The van der Waals surface area contributed by atoms with Crippen LogP contribution in [0.5, 0.6) is 0 Å². The van der Waals surface area contributed by atoms with E-state index in [-0.39, 0.29) is 17.6 Å². The molecule has 2 amide bonds. The zero-order chi connectivity index (χ0) is 12.8. The summed E-state index contributed by atoms with van der Waals surface area (Å²) in [5, 5.41) is 11.2. The molecule has 0 aromatic heterocycles. The van der Waals surface area contributed by atoms with Crippen molar-refractivity contribution in [2.75, 3.05) is 18.8 Å². The Hall–Kier alpha value is -1.24. The van der Waals surface area contributed by atoms with Crippen molar-refractivity contribution in [3.05, 3.63) is 0 Å². The van der Waals surface area contributed by atoms with E-state index in [4.69, 9.17) is 5.11 Å². The molecule has 0 radical (unpaired) electrons. The molecule has 2 N–H and O–H groups in total. The van der Waals surface area contributed by atoms with E-state index in [9.17, 15) is 14.4 Å². The van der Waals surface area contributed by atoms with Crippen LogP contribution < -0.4 is 5.32 Å². The molecule has 1 aliphatic rings. The predicted octanol–water partition coefficient (Wildman–Crippen LogP) is 0.525. The van der Waals surface area contributed by atoms with Gasteiger partial charge in [0, 0.05) is 25.3 Å². The van der Waals surface area contributed by atoms with Gasteiger partial charge in [-0.2, -0.15) is 0 Å². The van der Waals surface area contributed by atoms with Crippen molar-refractivity contribution in [2.45, 2.75) is 25.8 Å². The van der Waals surface area contributed by atoms with E-state index in [0.29, 0.717) is 19.5 Å². The topological polar surface area (TPSA) is 86.7 Å². The van der Waals surface area contributed by atoms with E-state index in [2.05, 4.69) is 5.32 Å². The monoisotopic (exact) mass is 260 g/mol. The summed E-state index contributed by atoms with van der Waals surface area (Å²) < 4.78 is 0. The Balaban J connectivity index is 2.29. The van der Waals surface area contributed by atoms with Gasteiger partial charge >= 0.3 is 5.97 Å². The van der Waals surface area contributed by atoms with Crippen LogP contribution in [0.4, 0.5) is 4.79 Å². The summed E-state index contributed by atoms with van der Waals surface area (Å²) in [6.45, 7) is 2.71. The first kappa shape index (κ1) is 13.8. The fraction of sp³-hybridized carbons (Fsp3) is 0.700. The molecule has 0 aromatic rings. The van der Waals surface area contributed by atoms with Crippen LogP contribution in [-0.4, -0.2) is 52.0 Å². The fourth-order valence-corrected chi connectivity index (χ4v) is 2.32. The molecule has 1 fully saturated rings. The van der Waals surface area contributed by atoms with E-state index in [1.807, 2.05) is 0 Å². The number of hydrogen-bond donors (Lipinski definition) is 2. The quantitative estimate of drug-likeness (QED) is 0.727. The van der Waals surface area contributed by atoms with Crippen molar-refractivity contribution < 1.29 is 19.5 Å². The Labute approximate surface area is 104 Å². The van der Waals surface area contributed by atoms with Gasteiger partial charge in [0.2, 0.25) is 5.91 Å². The lowest BCUT2D eigenvalue weighted by atomic mass is 10.2. The minimum absolute atomic E-state index is 0.0110. The average Bonchev–Trinajstić information content (AvgIpc) is 2.68. The van der Waals surface area contributed by atoms with Gasteiger partial charge in [-0.1, -0.05) is 18.7 Å². The van der Waals surface area contributed by atoms with Crippen molar-refractivity contribution in [3.8, 4) is 0 Å². The van der Waals surface area contributed by atoms with Gasteiger partial charge in [-0.15, -0.1) is 0 Å². The predicted molar refractivity (Wildman–Crippen MR) is 63.9 cm³/mol. The summed E-state index contributed by atoms with van der Waals surface area (Å²) >= 11 is 1.24. The summed E-state index contributed by atoms with van der Waals surface area (Å²) in [6, 6.07) is -0.842. The van der Waals surface area contributed by atoms with Crippen LogP contribution in [0.3, 0.4) is 0 Å². The number of carboxylic acid groups (broad SMARTS) is 1. The summed E-state index contributed by atoms with van der Waals surface area (Å²) in [5.41, 5.74) is 0. The lowest BCUT2D eigenvalue weighted by Gasteiger charge is -2.16. The van der Waals surface area contributed by atoms with Crippen LogP contribution in [0.15, 0.2) is 0 Å². The number of carbonyl (C=O) groups is 3. The van der Waals surface area contributed by atoms with Gasteiger partial charge in [0.15, 0.2) is 0 Å². The summed E-state index contributed by atoms with van der Waals surface area (Å²) in [4.78, 5) is 35.0. The number of thioether (sulfide) groups is 1. The lowest BCUT2D eigenvalue weighted by molar-refractivity contribution is -0.141. The molecule has 0 bridgehead atoms. The third-order valence-electron chi connectivity index (χ3n) is 2.50. The number of carbonyl (C=O) groups excluding carboxylic acids is 2. The molecule has 0 aliphatic carbocycles. The number of hydrogen-bond acceptors (Lipinski definition) is 4. The van der Waals surface area contributed by atoms with E-state index in [1.54, 1.807) is 11.8 Å². The number of amides is 2. The van der Waals surface area contributed by atoms with E-state index in [0.717, 1.165) is 5.75 Å². The molecule has 96 valence electrons. The van der Waals surface area contributed by atoms with Crippen molar-refractivity contribution in [1.29, 1.82) is 0 Å². The first-order chi connectivity index (χ1) is 8.04. The van der Waals surface area contributed by atoms with Gasteiger partial charge in [0.05, 0.1) is 0 Å². The molecule has 1 saturated heterocycles. The lowest BCUT2D eigenvalue weighted by Crippen LogP contribution is -2.41. The van der Waals surface area contributed by atoms with Gasteiger partial charge in [0.25, 0.3) is 5.24 Å². The molecule has 1 rings (SSSR count). The van der Waals surface area contributed by atoms with Crippen LogP contribution in [-0.2, 0) is 9.59 Å². The average molecular weight is 260 g/mol. The van der Waals surface area contributed by atoms with Crippen LogP contribution in [0.25, 0.3) is 0 Å². The maximum Gasteiger partial charge on any atom is 0.326 e. The van der Waals surface area contributed by atoms with Gasteiger partial charge in [0.1, 0.15) is 6.04 Å². The van der Waals surface area contributed by atoms with Gasteiger partial charge in [-0.05, 0) is 6.42 Å². The van der Waals surface area contributed by atoms with E-state index < -0.39 is 12.0 Å². The standard InChI is InChI=1S/C10H16N2O4S/c1-2-7(9(14)15)11-8(13)3-4-12-5-6-17-10(12)16/h7H,2-6H2,1H3,(H,11,13)(H,14,15)/t7-/m1/s1. The molecule has 17 heavy (non-hydrogen) atoms. The van der Waals surface area contributed by atoms with Crippen molar-refractivity contribution in [3.63, 3.8) is 0 Å². The van der Waals surface area contributed by atoms with Gasteiger partial charge in [-0.25, -0.2) is 4.79 Å². The van der Waals surface area contributed by atoms with E-state index in [1.165, 1.54) is 11.8 Å². The summed E-state index contributed by atoms with van der Waals surface area (Å²) in [7, 11) is 0. The third kappa shape index (κ3) is 4.26. The molecule has 0 aromatic carbocycles. The number of aliphatic carboxylic acids is 1. The smallest absolute Gasteiger partial charge is 0.326 e. The zero-order valence-electron chi connectivity index (χ0n) is 9.64. The molecular formula is C10H16N2O4S. The Morgan fingerprint density at radius 3 is 2.76 bits per heavy atom. The minimum atomic E-state index is -1.03. The summed E-state index contributed by atoms with van der Waals surface area (Å²) in [6.07, 6.45) is 0.496. The molecule has 0 spiro atoms. The molecule has 0 unspecified atom stereocenters. The maximum absolute atomic E-state index is 11.5. The molecular weight excluding hydrogens is 244 g/mol. The van der Waals surface area contributed by atoms with Crippen molar-refractivity contribution >= 4 is 28.9 Å². The summed E-state index contributed by atoms with van der Waals surface area (Å²) in [5.74, 6) is -0.606. The molecule has 1 atom stereocenters. The molecule has 1 heterocycles. The number of nitrogens with zero attached hydrogens (tertiary/aromatic N) is 1. The van der Waals surface area contributed by atoms with Gasteiger partial charge < -0.3 is 15.3 Å². The normalized spacial score (nSPS) is 17.0. The second-order valence-electron chi connectivity index (χ2n) is 3.72. The molecule has 0 saturated carbocycles. The second-order valence-corrected chi connectivity index (χ2v) is 4.76. The fourth-order valence-electron chi connectivity index (χ4n) is 1.47. The Bertz CT molecular complexity index is 321. The first-order valence-electron chi connectivity index (χ1n) is 5.48. The van der Waals surface area contributed by atoms with Gasteiger partial charge in [-0.3, -0.25) is 9.59 Å². The molecule has 1 aliphatic heterocycles. The second kappa shape index (κ2) is 6.48. The SMILES string of the molecule is CC[C@@H](NC(=O)CCN1CCSC1=O)C(=O)O. The number of carboxylic acids is 1. The van der Waals surface area contributed by atoms with Crippen LogP contribution in [0.1, 0.15) is 19.8 Å². The Morgan fingerprint density at radius 2 is 2.29 bits per heavy atom. The van der Waals surface area contributed by atoms with Crippen LogP contribution in [0, 0.1) is 0 Å². The highest BCUT2D eigenvalue weighted by Gasteiger charge is 2.22. The number of rotatable bonds is 6. The zero-order valence-corrected chi connectivity index (χ0v) is 10.5. The third-order valence-corrected chi connectivity index (χ3v) is 3.39. The highest BCUT2D eigenvalue weighted by molar-refractivity contribution is 8.13.